The zero-order valence-electron chi connectivity index (χ0n) is 12.6. The van der Waals surface area contributed by atoms with Crippen molar-refractivity contribution in [1.82, 2.24) is 14.5 Å². The van der Waals surface area contributed by atoms with Gasteiger partial charge in [-0.25, -0.2) is 4.98 Å². The van der Waals surface area contributed by atoms with Crippen molar-refractivity contribution in [2.24, 2.45) is 0 Å². The van der Waals surface area contributed by atoms with Crippen LogP contribution in [0.2, 0.25) is 19.6 Å². The highest BCUT2D eigenvalue weighted by Crippen LogP contribution is 2.22. The maximum atomic E-state index is 4.58. The van der Waals surface area contributed by atoms with Crippen molar-refractivity contribution in [1.29, 1.82) is 0 Å². The van der Waals surface area contributed by atoms with Crippen LogP contribution in [0.25, 0.3) is 11.0 Å². The molecule has 2 aromatic heterocycles. The van der Waals surface area contributed by atoms with E-state index in [0.717, 1.165) is 22.4 Å². The van der Waals surface area contributed by atoms with Gasteiger partial charge in [0.2, 0.25) is 0 Å². The first kappa shape index (κ1) is 13.8. The van der Waals surface area contributed by atoms with Crippen LogP contribution in [-0.2, 0) is 0 Å². The molecule has 2 heterocycles. The third-order valence-electron chi connectivity index (χ3n) is 2.86. The van der Waals surface area contributed by atoms with E-state index >= 15 is 0 Å². The van der Waals surface area contributed by atoms with Gasteiger partial charge in [0.05, 0.1) is 17.3 Å². The van der Waals surface area contributed by atoms with Crippen LogP contribution in [0.1, 0.15) is 31.3 Å². The Hall–Kier alpha value is -1.60. The molecule has 0 fully saturated rings. The minimum atomic E-state index is -1.38. The molecule has 0 atom stereocenters. The SMILES string of the molecule is Cc1nc2cncc(C#C[Si](C)(C)C)c2n1C(C)C. The number of hydrogen-bond acceptors (Lipinski definition) is 2. The van der Waals surface area contributed by atoms with E-state index in [9.17, 15) is 0 Å². The number of aryl methyl sites for hydroxylation is 1. The van der Waals surface area contributed by atoms with Gasteiger partial charge in [0.15, 0.2) is 0 Å². The number of pyridine rings is 1. The molecule has 0 N–H and O–H groups in total. The fourth-order valence-electron chi connectivity index (χ4n) is 2.15. The molecule has 3 nitrogen and oxygen atoms in total. The number of rotatable bonds is 1. The van der Waals surface area contributed by atoms with E-state index in [1.165, 1.54) is 0 Å². The van der Waals surface area contributed by atoms with Crippen LogP contribution in [0.4, 0.5) is 0 Å². The monoisotopic (exact) mass is 271 g/mol. The topological polar surface area (TPSA) is 30.7 Å². The zero-order chi connectivity index (χ0) is 14.2. The second-order valence-corrected chi connectivity index (χ2v) is 10.9. The molecule has 0 amide bonds. The van der Waals surface area contributed by atoms with E-state index in [-0.39, 0.29) is 0 Å². The summed E-state index contributed by atoms with van der Waals surface area (Å²) in [4.78, 5) is 8.85. The van der Waals surface area contributed by atoms with E-state index in [2.05, 4.69) is 59.5 Å². The number of imidazole rings is 1. The largest absolute Gasteiger partial charge is 0.325 e. The fraction of sp³-hybridized carbons (Fsp3) is 0.467. The number of fused-ring (bicyclic) bond motifs is 1. The van der Waals surface area contributed by atoms with Crippen LogP contribution >= 0.6 is 0 Å². The molecule has 0 aliphatic heterocycles. The Labute approximate surface area is 116 Å². The van der Waals surface area contributed by atoms with Crippen molar-refractivity contribution in [3.63, 3.8) is 0 Å². The van der Waals surface area contributed by atoms with Crippen molar-refractivity contribution in [3.8, 4) is 11.5 Å². The molecule has 0 aromatic carbocycles. The fourth-order valence-corrected chi connectivity index (χ4v) is 2.66. The van der Waals surface area contributed by atoms with Gasteiger partial charge in [0.25, 0.3) is 0 Å². The molecule has 0 aliphatic rings. The van der Waals surface area contributed by atoms with E-state index in [1.807, 2.05) is 19.3 Å². The normalized spacial score (nSPS) is 11.7. The first-order valence-corrected chi connectivity index (χ1v) is 10.2. The zero-order valence-corrected chi connectivity index (χ0v) is 13.6. The molecule has 100 valence electrons. The molecular formula is C15H21N3Si. The molecule has 2 aromatic rings. The second-order valence-electron chi connectivity index (χ2n) is 6.18. The van der Waals surface area contributed by atoms with Crippen LogP contribution in [0, 0.1) is 18.4 Å². The lowest BCUT2D eigenvalue weighted by Gasteiger charge is -2.11. The van der Waals surface area contributed by atoms with Gasteiger partial charge in [0.1, 0.15) is 19.4 Å². The Morgan fingerprint density at radius 3 is 2.47 bits per heavy atom. The summed E-state index contributed by atoms with van der Waals surface area (Å²) in [7, 11) is -1.38. The number of aromatic nitrogens is 3. The standard InChI is InChI=1S/C15H21N3Si/c1-11(2)18-12(3)17-14-10-16-9-13(15(14)18)7-8-19(4,5)6/h9-11H,1-6H3. The lowest BCUT2D eigenvalue weighted by Crippen LogP contribution is -2.16. The first-order valence-electron chi connectivity index (χ1n) is 6.65. The quantitative estimate of drug-likeness (QED) is 0.586. The number of nitrogens with zero attached hydrogens (tertiary/aromatic N) is 3. The summed E-state index contributed by atoms with van der Waals surface area (Å²) in [6, 6.07) is 0.375. The van der Waals surface area contributed by atoms with Crippen LogP contribution in [0.15, 0.2) is 12.4 Å². The number of hydrogen-bond donors (Lipinski definition) is 0. The van der Waals surface area contributed by atoms with Gasteiger partial charge in [-0.1, -0.05) is 25.6 Å². The van der Waals surface area contributed by atoms with Gasteiger partial charge in [0, 0.05) is 12.2 Å². The van der Waals surface area contributed by atoms with Crippen molar-refractivity contribution in [3.05, 3.63) is 23.8 Å². The molecule has 0 unspecified atom stereocenters. The first-order chi connectivity index (χ1) is 8.79. The molecule has 4 heteroatoms. The van der Waals surface area contributed by atoms with Crippen LogP contribution in [0.5, 0.6) is 0 Å². The molecule has 0 bridgehead atoms. The summed E-state index contributed by atoms with van der Waals surface area (Å²) in [6.07, 6.45) is 3.68. The summed E-state index contributed by atoms with van der Waals surface area (Å²) in [5.41, 5.74) is 6.47. The van der Waals surface area contributed by atoms with Crippen molar-refractivity contribution < 1.29 is 0 Å². The Morgan fingerprint density at radius 2 is 1.89 bits per heavy atom. The van der Waals surface area contributed by atoms with Crippen molar-refractivity contribution >= 4 is 19.1 Å². The Balaban J connectivity index is 2.71. The molecule has 0 saturated heterocycles. The van der Waals surface area contributed by atoms with Gasteiger partial charge in [-0.05, 0) is 20.8 Å². The molecule has 0 spiro atoms. The minimum Gasteiger partial charge on any atom is -0.325 e. The summed E-state index contributed by atoms with van der Waals surface area (Å²) >= 11 is 0. The highest BCUT2D eigenvalue weighted by molar-refractivity contribution is 6.83. The average Bonchev–Trinajstić information content (AvgIpc) is 2.61. The summed E-state index contributed by atoms with van der Waals surface area (Å²) in [5.74, 6) is 4.35. The van der Waals surface area contributed by atoms with Crippen molar-refractivity contribution in [2.75, 3.05) is 0 Å². The summed E-state index contributed by atoms with van der Waals surface area (Å²) < 4.78 is 2.24. The Bertz CT molecular complexity index is 666. The lowest BCUT2D eigenvalue weighted by atomic mass is 10.2. The van der Waals surface area contributed by atoms with Gasteiger partial charge in [-0.15, -0.1) is 5.54 Å². The highest BCUT2D eigenvalue weighted by Gasteiger charge is 2.14. The minimum absolute atomic E-state index is 0.375. The third kappa shape index (κ3) is 2.87. The van der Waals surface area contributed by atoms with Gasteiger partial charge in [-0.2, -0.15) is 0 Å². The molecule has 0 saturated carbocycles. The maximum absolute atomic E-state index is 4.58. The van der Waals surface area contributed by atoms with E-state index in [1.54, 1.807) is 0 Å². The van der Waals surface area contributed by atoms with Gasteiger partial charge >= 0.3 is 0 Å². The predicted molar refractivity (Wildman–Crippen MR) is 82.9 cm³/mol. The second kappa shape index (κ2) is 4.82. The Morgan fingerprint density at radius 1 is 1.21 bits per heavy atom. The molecule has 0 radical (unpaired) electrons. The van der Waals surface area contributed by atoms with Crippen LogP contribution < -0.4 is 0 Å². The summed E-state index contributed by atoms with van der Waals surface area (Å²) in [6.45, 7) is 13.1. The van der Waals surface area contributed by atoms with Gasteiger partial charge < -0.3 is 4.57 Å². The summed E-state index contributed by atoms with van der Waals surface area (Å²) in [5, 5.41) is 0. The third-order valence-corrected chi connectivity index (χ3v) is 3.73. The highest BCUT2D eigenvalue weighted by atomic mass is 28.3. The molecule has 19 heavy (non-hydrogen) atoms. The lowest BCUT2D eigenvalue weighted by molar-refractivity contribution is 0.599. The van der Waals surface area contributed by atoms with E-state index in [4.69, 9.17) is 0 Å². The smallest absolute Gasteiger partial charge is 0.129 e. The van der Waals surface area contributed by atoms with E-state index in [0.29, 0.717) is 6.04 Å². The molecule has 2 rings (SSSR count). The van der Waals surface area contributed by atoms with Crippen LogP contribution in [0.3, 0.4) is 0 Å². The van der Waals surface area contributed by atoms with E-state index < -0.39 is 8.07 Å². The Kier molecular flexibility index (Phi) is 3.51. The molecular weight excluding hydrogens is 250 g/mol. The molecule has 0 aliphatic carbocycles. The van der Waals surface area contributed by atoms with Gasteiger partial charge in [-0.3, -0.25) is 4.98 Å². The van der Waals surface area contributed by atoms with Crippen molar-refractivity contribution in [2.45, 2.75) is 46.5 Å². The van der Waals surface area contributed by atoms with Crippen LogP contribution in [-0.4, -0.2) is 22.6 Å². The average molecular weight is 271 g/mol. The maximum Gasteiger partial charge on any atom is 0.129 e. The predicted octanol–water partition coefficient (Wildman–Crippen LogP) is 3.55.